The molecule has 0 atom stereocenters. The number of hydrogen-bond acceptors (Lipinski definition) is 4. The van der Waals surface area contributed by atoms with Crippen LogP contribution >= 0.6 is 15.9 Å². The number of methoxy groups -OCH3 is 1. The van der Waals surface area contributed by atoms with Crippen LogP contribution in [0.5, 0.6) is 0 Å². The molecule has 0 heterocycles. The van der Waals surface area contributed by atoms with Crippen LogP contribution in [0.25, 0.3) is 0 Å². The van der Waals surface area contributed by atoms with Gasteiger partial charge in [0, 0.05) is 23.4 Å². The van der Waals surface area contributed by atoms with Gasteiger partial charge in [-0.2, -0.15) is 0 Å². The summed E-state index contributed by atoms with van der Waals surface area (Å²) < 4.78 is 5.56. The molecule has 0 aliphatic carbocycles. The predicted molar refractivity (Wildman–Crippen MR) is 69.9 cm³/mol. The molecule has 0 fully saturated rings. The zero-order chi connectivity index (χ0) is 12.8. The van der Waals surface area contributed by atoms with Gasteiger partial charge in [-0.05, 0) is 12.1 Å². The first-order chi connectivity index (χ1) is 8.07. The number of halogens is 1. The van der Waals surface area contributed by atoms with Gasteiger partial charge < -0.3 is 15.6 Å². The van der Waals surface area contributed by atoms with E-state index in [2.05, 4.69) is 20.9 Å². The number of carboxylic acids is 1. The maximum atomic E-state index is 10.9. The Morgan fingerprint density at radius 1 is 1.65 bits per heavy atom. The van der Waals surface area contributed by atoms with Gasteiger partial charge in [-0.25, -0.2) is 4.79 Å². The highest BCUT2D eigenvalue weighted by Gasteiger charge is 2.12. The zero-order valence-corrected chi connectivity index (χ0v) is 10.9. The first-order valence-corrected chi connectivity index (χ1v) is 5.67. The van der Waals surface area contributed by atoms with Crippen LogP contribution in [0.2, 0.25) is 0 Å². The van der Waals surface area contributed by atoms with Gasteiger partial charge in [0.1, 0.15) is 0 Å². The fourth-order valence-electron chi connectivity index (χ4n) is 1.23. The minimum absolute atomic E-state index is 0.0707. The van der Waals surface area contributed by atoms with Crippen molar-refractivity contribution in [2.45, 2.75) is 0 Å². The van der Waals surface area contributed by atoms with Crippen LogP contribution in [0, 0.1) is 0 Å². The topological polar surface area (TPSA) is 84.9 Å². The van der Waals surface area contributed by atoms with Crippen molar-refractivity contribution in [1.82, 2.24) is 0 Å². The summed E-state index contributed by atoms with van der Waals surface area (Å²) in [6.45, 7) is 1.01. The van der Waals surface area contributed by atoms with Crippen LogP contribution in [-0.4, -0.2) is 37.6 Å². The SMILES string of the molecule is COCCN=Cc1c(Br)ccc(C(=O)O)c1N. The third-order valence-electron chi connectivity index (χ3n) is 2.11. The van der Waals surface area contributed by atoms with Gasteiger partial charge >= 0.3 is 5.97 Å². The quantitative estimate of drug-likeness (QED) is 0.493. The number of benzene rings is 1. The number of carbonyl (C=O) groups is 1. The molecule has 1 aromatic rings. The summed E-state index contributed by atoms with van der Waals surface area (Å²) in [5.41, 5.74) is 6.61. The summed E-state index contributed by atoms with van der Waals surface area (Å²) in [4.78, 5) is 15.0. The van der Waals surface area contributed by atoms with E-state index >= 15 is 0 Å². The smallest absolute Gasteiger partial charge is 0.337 e. The Bertz CT molecular complexity index is 447. The Hall–Kier alpha value is -1.40. The molecular weight excluding hydrogens is 288 g/mol. The van der Waals surface area contributed by atoms with Crippen molar-refractivity contribution in [2.75, 3.05) is 26.0 Å². The van der Waals surface area contributed by atoms with Gasteiger partial charge in [0.15, 0.2) is 0 Å². The first-order valence-electron chi connectivity index (χ1n) is 4.88. The lowest BCUT2D eigenvalue weighted by Crippen LogP contribution is -2.06. The Morgan fingerprint density at radius 3 is 2.94 bits per heavy atom. The molecule has 3 N–H and O–H groups in total. The number of nitrogens with two attached hydrogens (primary N) is 1. The molecule has 5 nitrogen and oxygen atoms in total. The number of nitrogen functional groups attached to an aromatic ring is 1. The second-order valence-electron chi connectivity index (χ2n) is 3.26. The molecule has 0 saturated carbocycles. The van der Waals surface area contributed by atoms with E-state index in [0.29, 0.717) is 23.2 Å². The third kappa shape index (κ3) is 3.54. The Kier molecular flexibility index (Phi) is 5.11. The highest BCUT2D eigenvalue weighted by atomic mass is 79.9. The molecule has 0 aliphatic heterocycles. The number of aliphatic imine (C=N–C) groups is 1. The summed E-state index contributed by atoms with van der Waals surface area (Å²) >= 11 is 3.30. The summed E-state index contributed by atoms with van der Waals surface area (Å²) in [6.07, 6.45) is 1.55. The lowest BCUT2D eigenvalue weighted by atomic mass is 10.1. The normalized spacial score (nSPS) is 10.9. The molecule has 0 amide bonds. The van der Waals surface area contributed by atoms with E-state index < -0.39 is 5.97 Å². The van der Waals surface area contributed by atoms with Gasteiger partial charge in [0.05, 0.1) is 24.4 Å². The number of rotatable bonds is 5. The average molecular weight is 301 g/mol. The van der Waals surface area contributed by atoms with Crippen LogP contribution in [0.3, 0.4) is 0 Å². The van der Waals surface area contributed by atoms with E-state index in [1.54, 1.807) is 19.4 Å². The Labute approximate surface area is 107 Å². The second kappa shape index (κ2) is 6.36. The highest BCUT2D eigenvalue weighted by Crippen LogP contribution is 2.24. The number of nitrogens with zero attached hydrogens (tertiary/aromatic N) is 1. The molecule has 0 spiro atoms. The molecule has 0 unspecified atom stereocenters. The van der Waals surface area contributed by atoms with Gasteiger partial charge in [-0.3, -0.25) is 4.99 Å². The van der Waals surface area contributed by atoms with E-state index in [0.717, 1.165) is 0 Å². The molecule has 0 radical (unpaired) electrons. The molecule has 0 aliphatic rings. The van der Waals surface area contributed by atoms with E-state index in [4.69, 9.17) is 15.6 Å². The van der Waals surface area contributed by atoms with Gasteiger partial charge in [-0.15, -0.1) is 0 Å². The van der Waals surface area contributed by atoms with E-state index in [1.165, 1.54) is 6.07 Å². The van der Waals surface area contributed by atoms with Crippen LogP contribution in [0.1, 0.15) is 15.9 Å². The Balaban J connectivity index is 3.01. The number of ether oxygens (including phenoxy) is 1. The molecule has 0 aromatic heterocycles. The van der Waals surface area contributed by atoms with E-state index in [-0.39, 0.29) is 11.3 Å². The van der Waals surface area contributed by atoms with Crippen molar-refractivity contribution in [2.24, 2.45) is 4.99 Å². The second-order valence-corrected chi connectivity index (χ2v) is 4.11. The van der Waals surface area contributed by atoms with Crippen LogP contribution < -0.4 is 5.73 Å². The summed E-state index contributed by atoms with van der Waals surface area (Å²) in [7, 11) is 1.59. The fourth-order valence-corrected chi connectivity index (χ4v) is 1.68. The molecule has 1 aromatic carbocycles. The predicted octanol–water partition coefficient (Wildman–Crippen LogP) is 1.79. The molecule has 1 rings (SSSR count). The minimum atomic E-state index is -1.05. The summed E-state index contributed by atoms with van der Waals surface area (Å²) in [5, 5.41) is 8.93. The van der Waals surface area contributed by atoms with Crippen molar-refractivity contribution in [1.29, 1.82) is 0 Å². The monoisotopic (exact) mass is 300 g/mol. The van der Waals surface area contributed by atoms with Crippen molar-refractivity contribution in [3.05, 3.63) is 27.7 Å². The number of carboxylic acid groups (broad SMARTS) is 1. The van der Waals surface area contributed by atoms with Crippen LogP contribution in [0.4, 0.5) is 5.69 Å². The third-order valence-corrected chi connectivity index (χ3v) is 2.80. The molecule has 0 bridgehead atoms. The maximum Gasteiger partial charge on any atom is 0.337 e. The average Bonchev–Trinajstić information content (AvgIpc) is 2.27. The van der Waals surface area contributed by atoms with Gasteiger partial charge in [0.2, 0.25) is 0 Å². The lowest BCUT2D eigenvalue weighted by molar-refractivity contribution is 0.0698. The van der Waals surface area contributed by atoms with Crippen molar-refractivity contribution in [3.63, 3.8) is 0 Å². The number of aromatic carboxylic acids is 1. The molecule has 92 valence electrons. The molecular formula is C11H13BrN2O3. The maximum absolute atomic E-state index is 10.9. The zero-order valence-electron chi connectivity index (χ0n) is 9.31. The van der Waals surface area contributed by atoms with Crippen molar-refractivity contribution >= 4 is 33.8 Å². The number of anilines is 1. The fraction of sp³-hybridized carbons (Fsp3) is 0.273. The summed E-state index contributed by atoms with van der Waals surface area (Å²) in [5.74, 6) is -1.05. The minimum Gasteiger partial charge on any atom is -0.478 e. The van der Waals surface area contributed by atoms with Crippen LogP contribution in [0.15, 0.2) is 21.6 Å². The van der Waals surface area contributed by atoms with Crippen molar-refractivity contribution in [3.8, 4) is 0 Å². The Morgan fingerprint density at radius 2 is 2.35 bits per heavy atom. The summed E-state index contributed by atoms with van der Waals surface area (Å²) in [6, 6.07) is 3.09. The standard InChI is InChI=1S/C11H13BrN2O3/c1-17-5-4-14-6-8-9(12)3-2-7(10(8)13)11(15)16/h2-3,6H,4-5,13H2,1H3,(H,15,16). The number of hydrogen-bond donors (Lipinski definition) is 2. The molecule has 6 heteroatoms. The first kappa shape index (κ1) is 13.7. The van der Waals surface area contributed by atoms with Gasteiger partial charge in [-0.1, -0.05) is 15.9 Å². The van der Waals surface area contributed by atoms with Crippen LogP contribution in [-0.2, 0) is 4.74 Å². The van der Waals surface area contributed by atoms with E-state index in [9.17, 15) is 4.79 Å². The van der Waals surface area contributed by atoms with E-state index in [1.807, 2.05) is 0 Å². The highest BCUT2D eigenvalue weighted by molar-refractivity contribution is 9.10. The molecule has 17 heavy (non-hydrogen) atoms. The molecule has 0 saturated heterocycles. The largest absolute Gasteiger partial charge is 0.478 e. The van der Waals surface area contributed by atoms with Gasteiger partial charge in [0.25, 0.3) is 0 Å². The van der Waals surface area contributed by atoms with Crippen molar-refractivity contribution < 1.29 is 14.6 Å². The lowest BCUT2D eigenvalue weighted by Gasteiger charge is -2.06.